The Morgan fingerprint density at radius 2 is 2.06 bits per heavy atom. The van der Waals surface area contributed by atoms with Gasteiger partial charge in [0.05, 0.1) is 0 Å². The second-order valence-electron chi connectivity index (χ2n) is 6.09. The minimum atomic E-state index is 0.724. The maximum atomic E-state index is 3.75. The lowest BCUT2D eigenvalue weighted by Gasteiger charge is -2.16. The van der Waals surface area contributed by atoms with Gasteiger partial charge in [0.1, 0.15) is 0 Å². The molecule has 0 spiro atoms. The Hall–Kier alpha value is -0.860. The fourth-order valence-corrected chi connectivity index (χ4v) is 2.99. The van der Waals surface area contributed by atoms with Crippen molar-refractivity contribution in [1.82, 2.24) is 10.2 Å². The lowest BCUT2D eigenvalue weighted by atomic mass is 10.2. The van der Waals surface area contributed by atoms with Crippen molar-refractivity contribution in [3.8, 4) is 0 Å². The van der Waals surface area contributed by atoms with E-state index >= 15 is 0 Å². The third kappa shape index (κ3) is 3.12. The smallest absolute Gasteiger partial charge is 0.0234 e. The van der Waals surface area contributed by atoms with E-state index in [-0.39, 0.29) is 0 Å². The summed E-state index contributed by atoms with van der Waals surface area (Å²) in [7, 11) is 0. The Bertz CT molecular complexity index is 376. The van der Waals surface area contributed by atoms with Crippen molar-refractivity contribution in [2.24, 2.45) is 11.8 Å². The Labute approximate surface area is 110 Å². The van der Waals surface area contributed by atoms with E-state index in [1.165, 1.54) is 38.0 Å². The van der Waals surface area contributed by atoms with E-state index in [0.29, 0.717) is 0 Å². The molecule has 2 fully saturated rings. The van der Waals surface area contributed by atoms with Crippen LogP contribution in [0.15, 0.2) is 30.3 Å². The first kappa shape index (κ1) is 12.2. The zero-order valence-corrected chi connectivity index (χ0v) is 11.3. The second-order valence-corrected chi connectivity index (χ2v) is 6.09. The molecule has 1 aromatic carbocycles. The molecule has 1 saturated heterocycles. The zero-order chi connectivity index (χ0) is 12.4. The van der Waals surface area contributed by atoms with Crippen LogP contribution in [0.4, 0.5) is 0 Å². The summed E-state index contributed by atoms with van der Waals surface area (Å²) in [5, 5.41) is 3.75. The van der Waals surface area contributed by atoms with E-state index in [0.717, 1.165) is 24.4 Å². The van der Waals surface area contributed by atoms with E-state index < -0.39 is 0 Å². The van der Waals surface area contributed by atoms with Gasteiger partial charge in [-0.3, -0.25) is 4.90 Å². The fourth-order valence-electron chi connectivity index (χ4n) is 2.99. The minimum absolute atomic E-state index is 0.724. The van der Waals surface area contributed by atoms with Gasteiger partial charge in [0, 0.05) is 25.7 Å². The van der Waals surface area contributed by atoms with Crippen LogP contribution in [0.1, 0.15) is 25.3 Å². The molecule has 3 rings (SSSR count). The number of benzene rings is 1. The standard InChI is InChI=1S/C16H24N2/c1-13-9-15(13)10-17-16-7-8-18(12-16)11-14-5-3-2-4-6-14/h2-6,13,15-17H,7-12H2,1H3. The fraction of sp³-hybridized carbons (Fsp3) is 0.625. The van der Waals surface area contributed by atoms with Crippen molar-refractivity contribution >= 4 is 0 Å². The van der Waals surface area contributed by atoms with Crippen LogP contribution >= 0.6 is 0 Å². The summed E-state index contributed by atoms with van der Waals surface area (Å²) in [4.78, 5) is 2.57. The third-order valence-electron chi connectivity index (χ3n) is 4.47. The quantitative estimate of drug-likeness (QED) is 0.856. The van der Waals surface area contributed by atoms with E-state index in [2.05, 4.69) is 47.5 Å². The van der Waals surface area contributed by atoms with Gasteiger partial charge in [-0.1, -0.05) is 37.3 Å². The Balaban J connectivity index is 1.41. The maximum absolute atomic E-state index is 3.75. The van der Waals surface area contributed by atoms with Crippen LogP contribution in [0.3, 0.4) is 0 Å². The number of nitrogens with one attached hydrogen (secondary N) is 1. The molecule has 1 aliphatic heterocycles. The summed E-state index contributed by atoms with van der Waals surface area (Å²) >= 11 is 0. The van der Waals surface area contributed by atoms with E-state index in [1.54, 1.807) is 0 Å². The van der Waals surface area contributed by atoms with Crippen LogP contribution in [0.25, 0.3) is 0 Å². The van der Waals surface area contributed by atoms with Crippen molar-refractivity contribution in [3.63, 3.8) is 0 Å². The van der Waals surface area contributed by atoms with Crippen LogP contribution in [-0.4, -0.2) is 30.6 Å². The molecule has 2 aliphatic rings. The highest BCUT2D eigenvalue weighted by Gasteiger charge is 2.33. The average Bonchev–Trinajstić information content (AvgIpc) is 2.91. The summed E-state index contributed by atoms with van der Waals surface area (Å²) in [5.41, 5.74) is 1.44. The summed E-state index contributed by atoms with van der Waals surface area (Å²) < 4.78 is 0. The second kappa shape index (κ2) is 5.41. The van der Waals surface area contributed by atoms with Crippen molar-refractivity contribution in [1.29, 1.82) is 0 Å². The van der Waals surface area contributed by atoms with Crippen molar-refractivity contribution < 1.29 is 0 Å². The summed E-state index contributed by atoms with van der Waals surface area (Å²) in [5.74, 6) is 1.94. The topological polar surface area (TPSA) is 15.3 Å². The molecule has 3 unspecified atom stereocenters. The number of likely N-dealkylation sites (tertiary alicyclic amines) is 1. The van der Waals surface area contributed by atoms with E-state index in [1.807, 2.05) is 0 Å². The number of hydrogen-bond donors (Lipinski definition) is 1. The van der Waals surface area contributed by atoms with Gasteiger partial charge in [0.25, 0.3) is 0 Å². The summed E-state index contributed by atoms with van der Waals surface area (Å²) in [6.07, 6.45) is 2.75. The monoisotopic (exact) mass is 244 g/mol. The Kier molecular flexibility index (Phi) is 3.67. The molecule has 1 aromatic rings. The SMILES string of the molecule is CC1CC1CNC1CCN(Cc2ccccc2)C1. The average molecular weight is 244 g/mol. The van der Waals surface area contributed by atoms with Crippen LogP contribution in [0, 0.1) is 11.8 Å². The van der Waals surface area contributed by atoms with Gasteiger partial charge in [-0.05, 0) is 36.8 Å². The molecule has 18 heavy (non-hydrogen) atoms. The molecule has 3 atom stereocenters. The highest BCUT2D eigenvalue weighted by atomic mass is 15.2. The van der Waals surface area contributed by atoms with Crippen LogP contribution in [-0.2, 0) is 6.54 Å². The van der Waals surface area contributed by atoms with Gasteiger partial charge >= 0.3 is 0 Å². The number of nitrogens with zero attached hydrogens (tertiary/aromatic N) is 1. The molecule has 98 valence electrons. The molecule has 1 saturated carbocycles. The van der Waals surface area contributed by atoms with Crippen molar-refractivity contribution in [3.05, 3.63) is 35.9 Å². The molecule has 2 heteroatoms. The lowest BCUT2D eigenvalue weighted by molar-refractivity contribution is 0.319. The molecule has 0 aromatic heterocycles. The lowest BCUT2D eigenvalue weighted by Crippen LogP contribution is -2.33. The van der Waals surface area contributed by atoms with E-state index in [9.17, 15) is 0 Å². The highest BCUT2D eigenvalue weighted by molar-refractivity contribution is 5.14. The van der Waals surface area contributed by atoms with Gasteiger partial charge < -0.3 is 5.32 Å². The van der Waals surface area contributed by atoms with Crippen LogP contribution < -0.4 is 5.32 Å². The van der Waals surface area contributed by atoms with Gasteiger partial charge in [-0.25, -0.2) is 0 Å². The van der Waals surface area contributed by atoms with Gasteiger partial charge in [0.2, 0.25) is 0 Å². The molecule has 0 amide bonds. The van der Waals surface area contributed by atoms with Crippen LogP contribution in [0.2, 0.25) is 0 Å². The van der Waals surface area contributed by atoms with Gasteiger partial charge in [-0.15, -0.1) is 0 Å². The first-order chi connectivity index (χ1) is 8.81. The third-order valence-corrected chi connectivity index (χ3v) is 4.47. The molecular formula is C16H24N2. The predicted molar refractivity (Wildman–Crippen MR) is 75.4 cm³/mol. The van der Waals surface area contributed by atoms with Crippen molar-refractivity contribution in [2.75, 3.05) is 19.6 Å². The van der Waals surface area contributed by atoms with Crippen LogP contribution in [0.5, 0.6) is 0 Å². The molecule has 0 bridgehead atoms. The minimum Gasteiger partial charge on any atom is -0.312 e. The molecule has 1 heterocycles. The number of hydrogen-bond acceptors (Lipinski definition) is 2. The Morgan fingerprint density at radius 3 is 2.78 bits per heavy atom. The summed E-state index contributed by atoms with van der Waals surface area (Å²) in [6, 6.07) is 11.5. The molecule has 1 aliphatic carbocycles. The number of rotatable bonds is 5. The van der Waals surface area contributed by atoms with Gasteiger partial charge in [0.15, 0.2) is 0 Å². The molecule has 1 N–H and O–H groups in total. The Morgan fingerprint density at radius 1 is 1.28 bits per heavy atom. The first-order valence-electron chi connectivity index (χ1n) is 7.31. The largest absolute Gasteiger partial charge is 0.312 e. The normalized spacial score (nSPS) is 31.7. The van der Waals surface area contributed by atoms with Crippen molar-refractivity contribution in [2.45, 2.75) is 32.4 Å². The van der Waals surface area contributed by atoms with Gasteiger partial charge in [-0.2, -0.15) is 0 Å². The predicted octanol–water partition coefficient (Wildman–Crippen LogP) is 2.51. The maximum Gasteiger partial charge on any atom is 0.0234 e. The summed E-state index contributed by atoms with van der Waals surface area (Å²) in [6.45, 7) is 7.18. The molecule has 0 radical (unpaired) electrons. The highest BCUT2D eigenvalue weighted by Crippen LogP contribution is 2.36. The zero-order valence-electron chi connectivity index (χ0n) is 11.3. The first-order valence-corrected chi connectivity index (χ1v) is 7.31. The molecular weight excluding hydrogens is 220 g/mol. The molecule has 2 nitrogen and oxygen atoms in total. The van der Waals surface area contributed by atoms with E-state index in [4.69, 9.17) is 0 Å².